The van der Waals surface area contributed by atoms with E-state index in [0.717, 1.165) is 28.2 Å². The van der Waals surface area contributed by atoms with Gasteiger partial charge in [0.25, 0.3) is 0 Å². The zero-order chi connectivity index (χ0) is 17.6. The number of ether oxygens (including phenoxy) is 2. The van der Waals surface area contributed by atoms with Crippen LogP contribution in [0.15, 0.2) is 66.9 Å². The molecule has 1 atom stereocenters. The molecule has 0 bridgehead atoms. The van der Waals surface area contributed by atoms with Gasteiger partial charge in [0, 0.05) is 18.3 Å². The molecule has 1 heterocycles. The highest BCUT2D eigenvalue weighted by Gasteiger charge is 2.21. The van der Waals surface area contributed by atoms with Crippen molar-refractivity contribution in [3.63, 3.8) is 0 Å². The highest BCUT2D eigenvalue weighted by Crippen LogP contribution is 2.32. The molecule has 1 aliphatic heterocycles. The Balaban J connectivity index is 1.80. The van der Waals surface area contributed by atoms with E-state index >= 15 is 0 Å². The van der Waals surface area contributed by atoms with E-state index in [2.05, 4.69) is 23.1 Å². The fourth-order valence-electron chi connectivity index (χ4n) is 3.08. The van der Waals surface area contributed by atoms with Gasteiger partial charge in [-0.05, 0) is 35.4 Å². The van der Waals surface area contributed by atoms with Crippen LogP contribution in [-0.4, -0.2) is 37.4 Å². The summed E-state index contributed by atoms with van der Waals surface area (Å²) in [5, 5.41) is 9.93. The third kappa shape index (κ3) is 3.69. The van der Waals surface area contributed by atoms with Gasteiger partial charge in [-0.3, -0.25) is 0 Å². The largest absolute Gasteiger partial charge is 0.497 e. The van der Waals surface area contributed by atoms with Gasteiger partial charge in [0.1, 0.15) is 11.5 Å². The van der Waals surface area contributed by atoms with Crippen molar-refractivity contribution in [2.45, 2.75) is 6.04 Å². The van der Waals surface area contributed by atoms with Crippen LogP contribution in [0, 0.1) is 0 Å². The summed E-state index contributed by atoms with van der Waals surface area (Å²) in [6.45, 7) is 0.735. The number of hydrogen-bond acceptors (Lipinski definition) is 4. The van der Waals surface area contributed by atoms with Crippen LogP contribution in [0.4, 0.5) is 0 Å². The molecule has 4 heteroatoms. The van der Waals surface area contributed by atoms with E-state index in [-0.39, 0.29) is 12.6 Å². The molecule has 130 valence electrons. The van der Waals surface area contributed by atoms with Gasteiger partial charge < -0.3 is 19.5 Å². The lowest BCUT2D eigenvalue weighted by Gasteiger charge is -2.32. The average molecular weight is 337 g/mol. The molecule has 0 radical (unpaired) electrons. The van der Waals surface area contributed by atoms with Crippen molar-refractivity contribution in [1.29, 1.82) is 0 Å². The summed E-state index contributed by atoms with van der Waals surface area (Å²) in [7, 11) is 3.32. The summed E-state index contributed by atoms with van der Waals surface area (Å²) in [5.41, 5.74) is 3.25. The Morgan fingerprint density at radius 2 is 1.92 bits per heavy atom. The van der Waals surface area contributed by atoms with Crippen molar-refractivity contribution in [3.8, 4) is 11.5 Å². The second kappa shape index (κ2) is 7.90. The highest BCUT2D eigenvalue weighted by molar-refractivity contribution is 5.75. The molecule has 25 heavy (non-hydrogen) atoms. The molecular formula is C21H23NO3. The topological polar surface area (TPSA) is 41.9 Å². The zero-order valence-electron chi connectivity index (χ0n) is 14.6. The van der Waals surface area contributed by atoms with Crippen LogP contribution in [0.2, 0.25) is 0 Å². The number of nitrogens with zero attached hydrogens (tertiary/aromatic N) is 1. The number of hydrogen-bond donors (Lipinski definition) is 1. The normalized spacial score (nSPS) is 14.8. The molecule has 1 N–H and O–H groups in total. The first-order valence-electron chi connectivity index (χ1n) is 8.29. The molecule has 4 nitrogen and oxygen atoms in total. The van der Waals surface area contributed by atoms with E-state index in [1.165, 1.54) is 0 Å². The van der Waals surface area contributed by atoms with E-state index in [4.69, 9.17) is 9.47 Å². The molecular weight excluding hydrogens is 314 g/mol. The van der Waals surface area contributed by atoms with Gasteiger partial charge >= 0.3 is 0 Å². The Bertz CT molecular complexity index is 782. The predicted molar refractivity (Wildman–Crippen MR) is 99.6 cm³/mol. The Kier molecular flexibility index (Phi) is 5.41. The lowest BCUT2D eigenvalue weighted by atomic mass is 10.0. The number of benzene rings is 2. The summed E-state index contributed by atoms with van der Waals surface area (Å²) in [6, 6.07) is 15.7. The molecule has 0 aromatic heterocycles. The van der Waals surface area contributed by atoms with Crippen molar-refractivity contribution in [1.82, 2.24) is 4.90 Å². The molecule has 2 aromatic carbocycles. The van der Waals surface area contributed by atoms with E-state index < -0.39 is 0 Å². The minimum atomic E-state index is -0.143. The average Bonchev–Trinajstić information content (AvgIpc) is 2.69. The van der Waals surface area contributed by atoms with Crippen LogP contribution >= 0.6 is 0 Å². The monoisotopic (exact) mass is 337 g/mol. The highest BCUT2D eigenvalue weighted by atomic mass is 16.5. The third-order valence-corrected chi connectivity index (χ3v) is 4.44. The Labute approximate surface area is 148 Å². The number of allylic oxidation sites excluding steroid dienone is 2. The van der Waals surface area contributed by atoms with Crippen LogP contribution in [0.1, 0.15) is 17.2 Å². The number of aliphatic hydroxyl groups is 1. The fraction of sp³-hybridized carbons (Fsp3) is 0.238. The van der Waals surface area contributed by atoms with Crippen LogP contribution in [0.5, 0.6) is 11.5 Å². The number of aliphatic hydroxyl groups excluding tert-OH is 1. The first-order chi connectivity index (χ1) is 12.3. The second-order valence-corrected chi connectivity index (χ2v) is 5.84. The van der Waals surface area contributed by atoms with E-state index in [1.54, 1.807) is 14.2 Å². The Morgan fingerprint density at radius 3 is 2.60 bits per heavy atom. The molecule has 0 saturated heterocycles. The van der Waals surface area contributed by atoms with Gasteiger partial charge in [-0.25, -0.2) is 0 Å². The van der Waals surface area contributed by atoms with Crippen LogP contribution < -0.4 is 9.47 Å². The van der Waals surface area contributed by atoms with Crippen molar-refractivity contribution in [2.24, 2.45) is 0 Å². The van der Waals surface area contributed by atoms with Crippen molar-refractivity contribution >= 4 is 5.57 Å². The van der Waals surface area contributed by atoms with Gasteiger partial charge in [0.05, 0.1) is 26.9 Å². The van der Waals surface area contributed by atoms with Gasteiger partial charge in [-0.1, -0.05) is 36.4 Å². The van der Waals surface area contributed by atoms with E-state index in [1.807, 2.05) is 48.7 Å². The molecule has 1 unspecified atom stereocenters. The summed E-state index contributed by atoms with van der Waals surface area (Å²) in [6.07, 6.45) is 6.26. The SMILES string of the molecule is COc1cccc(C2=CCN(C(CO)c3ccccc3OC)C=C2)c1. The van der Waals surface area contributed by atoms with Gasteiger partial charge in [0.15, 0.2) is 0 Å². The van der Waals surface area contributed by atoms with Crippen molar-refractivity contribution in [3.05, 3.63) is 78.0 Å². The maximum atomic E-state index is 9.93. The number of methoxy groups -OCH3 is 2. The quantitative estimate of drug-likeness (QED) is 0.874. The summed E-state index contributed by atoms with van der Waals surface area (Å²) < 4.78 is 10.7. The van der Waals surface area contributed by atoms with Crippen LogP contribution in [0.3, 0.4) is 0 Å². The first-order valence-corrected chi connectivity index (χ1v) is 8.29. The summed E-state index contributed by atoms with van der Waals surface area (Å²) in [5.74, 6) is 1.63. The standard InChI is InChI=1S/C21H23NO3/c1-24-18-7-5-6-17(14-18)16-10-12-22(13-11-16)20(15-23)19-8-3-4-9-21(19)25-2/h3-12,14,20,23H,13,15H2,1-2H3. The molecule has 3 rings (SSSR count). The minimum Gasteiger partial charge on any atom is -0.497 e. The van der Waals surface area contributed by atoms with Gasteiger partial charge in [-0.2, -0.15) is 0 Å². The predicted octanol–water partition coefficient (Wildman–Crippen LogP) is 3.65. The van der Waals surface area contributed by atoms with E-state index in [9.17, 15) is 5.11 Å². The lowest BCUT2D eigenvalue weighted by Crippen LogP contribution is -2.28. The molecule has 0 aliphatic carbocycles. The maximum Gasteiger partial charge on any atom is 0.124 e. The molecule has 2 aromatic rings. The molecule has 0 amide bonds. The lowest BCUT2D eigenvalue weighted by molar-refractivity contribution is 0.171. The van der Waals surface area contributed by atoms with Gasteiger partial charge in [-0.15, -0.1) is 0 Å². The smallest absolute Gasteiger partial charge is 0.124 e. The van der Waals surface area contributed by atoms with E-state index in [0.29, 0.717) is 6.54 Å². The van der Waals surface area contributed by atoms with Crippen molar-refractivity contribution in [2.75, 3.05) is 27.4 Å². The van der Waals surface area contributed by atoms with Gasteiger partial charge in [0.2, 0.25) is 0 Å². The summed E-state index contributed by atoms with van der Waals surface area (Å²) >= 11 is 0. The van der Waals surface area contributed by atoms with Crippen molar-refractivity contribution < 1.29 is 14.6 Å². The summed E-state index contributed by atoms with van der Waals surface area (Å²) in [4.78, 5) is 2.11. The van der Waals surface area contributed by atoms with Crippen LogP contribution in [0.25, 0.3) is 5.57 Å². The maximum absolute atomic E-state index is 9.93. The Morgan fingerprint density at radius 1 is 1.08 bits per heavy atom. The molecule has 0 saturated carbocycles. The van der Waals surface area contributed by atoms with Crippen LogP contribution in [-0.2, 0) is 0 Å². The fourth-order valence-corrected chi connectivity index (χ4v) is 3.08. The zero-order valence-corrected chi connectivity index (χ0v) is 14.6. The molecule has 0 fully saturated rings. The number of rotatable bonds is 6. The molecule has 0 spiro atoms. The Hall–Kier alpha value is -2.72. The molecule has 1 aliphatic rings. The number of para-hydroxylation sites is 1. The minimum absolute atomic E-state index is 0.0209. The second-order valence-electron chi connectivity index (χ2n) is 5.84. The third-order valence-electron chi connectivity index (χ3n) is 4.44. The first kappa shape index (κ1) is 17.1.